The number of hydrogen-bond acceptors (Lipinski definition) is 4. The first-order chi connectivity index (χ1) is 12.7. The van der Waals surface area contributed by atoms with Gasteiger partial charge in [0.05, 0.1) is 17.8 Å². The molecule has 2 heterocycles. The highest BCUT2D eigenvalue weighted by Crippen LogP contribution is 2.27. The lowest BCUT2D eigenvalue weighted by atomic mass is 10.1. The summed E-state index contributed by atoms with van der Waals surface area (Å²) in [6.07, 6.45) is 1.84. The Balaban J connectivity index is 1.79. The van der Waals surface area contributed by atoms with Gasteiger partial charge in [0.2, 0.25) is 0 Å². The second-order valence-electron chi connectivity index (χ2n) is 6.08. The van der Waals surface area contributed by atoms with Crippen LogP contribution in [0.2, 0.25) is 0 Å². The molecule has 0 N–H and O–H groups in total. The number of hydrogen-bond donors (Lipinski definition) is 0. The van der Waals surface area contributed by atoms with Crippen LogP contribution in [-0.2, 0) is 0 Å². The van der Waals surface area contributed by atoms with E-state index >= 15 is 0 Å². The third kappa shape index (κ3) is 3.14. The molecule has 0 aliphatic heterocycles. The minimum absolute atomic E-state index is 0.630. The van der Waals surface area contributed by atoms with Gasteiger partial charge < -0.3 is 4.74 Å². The summed E-state index contributed by atoms with van der Waals surface area (Å²) in [6, 6.07) is 20.0. The van der Waals surface area contributed by atoms with E-state index in [0.717, 1.165) is 39.2 Å². The molecule has 0 aliphatic rings. The fourth-order valence-electron chi connectivity index (χ4n) is 2.94. The molecule has 4 rings (SSSR count). The molecule has 0 amide bonds. The zero-order chi connectivity index (χ0) is 17.9. The van der Waals surface area contributed by atoms with Crippen LogP contribution in [0.4, 0.5) is 0 Å². The molecule has 0 fully saturated rings. The largest absolute Gasteiger partial charge is 0.494 e. The van der Waals surface area contributed by atoms with Crippen molar-refractivity contribution in [3.63, 3.8) is 0 Å². The van der Waals surface area contributed by atoms with Crippen LogP contribution in [0.25, 0.3) is 33.7 Å². The van der Waals surface area contributed by atoms with Crippen LogP contribution in [-0.4, -0.2) is 21.6 Å². The lowest BCUT2D eigenvalue weighted by Crippen LogP contribution is -1.97. The summed E-state index contributed by atoms with van der Waals surface area (Å²) < 4.78 is 5.62. The van der Waals surface area contributed by atoms with Crippen molar-refractivity contribution in [2.75, 3.05) is 6.61 Å². The normalized spacial score (nSPS) is 10.8. The maximum Gasteiger partial charge on any atom is 0.178 e. The van der Waals surface area contributed by atoms with Crippen LogP contribution in [0.1, 0.15) is 12.5 Å². The number of ether oxygens (including phenoxy) is 1. The van der Waals surface area contributed by atoms with E-state index in [4.69, 9.17) is 9.72 Å². The average molecular weight is 341 g/mol. The molecule has 0 unspecified atom stereocenters. The molecule has 0 atom stereocenters. The zero-order valence-electron chi connectivity index (χ0n) is 14.8. The van der Waals surface area contributed by atoms with Gasteiger partial charge in [-0.2, -0.15) is 0 Å². The van der Waals surface area contributed by atoms with Crippen LogP contribution in [0, 0.1) is 6.92 Å². The van der Waals surface area contributed by atoms with Gasteiger partial charge in [0.1, 0.15) is 11.4 Å². The predicted molar refractivity (Wildman–Crippen MR) is 104 cm³/mol. The Hall–Kier alpha value is -3.27. The summed E-state index contributed by atoms with van der Waals surface area (Å²) in [5.74, 6) is 1.48. The fraction of sp³-hybridized carbons (Fsp3) is 0.136. The summed E-state index contributed by atoms with van der Waals surface area (Å²) >= 11 is 0. The third-order valence-electron chi connectivity index (χ3n) is 4.23. The number of pyridine rings is 1. The Morgan fingerprint density at radius 3 is 2.69 bits per heavy atom. The van der Waals surface area contributed by atoms with Crippen LogP contribution < -0.4 is 4.74 Å². The highest BCUT2D eigenvalue weighted by Gasteiger charge is 2.10. The van der Waals surface area contributed by atoms with Crippen LogP contribution in [0.5, 0.6) is 5.75 Å². The summed E-state index contributed by atoms with van der Waals surface area (Å²) in [5, 5.41) is 1.02. The van der Waals surface area contributed by atoms with Crippen molar-refractivity contribution in [2.24, 2.45) is 0 Å². The van der Waals surface area contributed by atoms with Gasteiger partial charge >= 0.3 is 0 Å². The summed E-state index contributed by atoms with van der Waals surface area (Å²) in [4.78, 5) is 14.0. The van der Waals surface area contributed by atoms with Crippen molar-refractivity contribution in [3.8, 4) is 28.5 Å². The molecule has 2 aromatic heterocycles. The first-order valence-electron chi connectivity index (χ1n) is 8.67. The van der Waals surface area contributed by atoms with Gasteiger partial charge in [-0.3, -0.25) is 0 Å². The summed E-state index contributed by atoms with van der Waals surface area (Å²) in [5.41, 5.74) is 4.72. The monoisotopic (exact) mass is 341 g/mol. The van der Waals surface area contributed by atoms with Gasteiger partial charge in [-0.25, -0.2) is 15.0 Å². The second kappa shape index (κ2) is 6.92. The van der Waals surface area contributed by atoms with E-state index in [1.165, 1.54) is 0 Å². The van der Waals surface area contributed by atoms with E-state index in [9.17, 15) is 0 Å². The molecule has 2 aromatic carbocycles. The van der Waals surface area contributed by atoms with E-state index in [2.05, 4.69) is 23.0 Å². The van der Waals surface area contributed by atoms with Crippen LogP contribution in [0.15, 0.2) is 66.9 Å². The summed E-state index contributed by atoms with van der Waals surface area (Å²) in [7, 11) is 0. The number of aryl methyl sites for hydroxylation is 1. The van der Waals surface area contributed by atoms with Gasteiger partial charge in [0, 0.05) is 17.1 Å². The Morgan fingerprint density at radius 2 is 1.81 bits per heavy atom. The van der Waals surface area contributed by atoms with Gasteiger partial charge in [-0.05, 0) is 43.7 Å². The Bertz CT molecular complexity index is 1080. The molecule has 4 heteroatoms. The van der Waals surface area contributed by atoms with E-state index in [0.29, 0.717) is 12.4 Å². The molecule has 0 saturated heterocycles. The second-order valence-corrected chi connectivity index (χ2v) is 6.08. The molecule has 0 spiro atoms. The maximum absolute atomic E-state index is 5.62. The Morgan fingerprint density at radius 1 is 0.923 bits per heavy atom. The SMILES string of the molecule is CCOc1cccc(-c2nc(-c3ncc4ccccc4n3)ccc2C)c1. The number of benzene rings is 2. The van der Waals surface area contributed by atoms with Crippen molar-refractivity contribution in [1.82, 2.24) is 15.0 Å². The first-order valence-corrected chi connectivity index (χ1v) is 8.67. The van der Waals surface area contributed by atoms with Crippen LogP contribution >= 0.6 is 0 Å². The van der Waals surface area contributed by atoms with Crippen molar-refractivity contribution in [2.45, 2.75) is 13.8 Å². The molecule has 26 heavy (non-hydrogen) atoms. The molecule has 0 radical (unpaired) electrons. The average Bonchev–Trinajstić information content (AvgIpc) is 2.68. The first kappa shape index (κ1) is 16.2. The number of rotatable bonds is 4. The van der Waals surface area contributed by atoms with Crippen molar-refractivity contribution in [1.29, 1.82) is 0 Å². The molecule has 0 bridgehead atoms. The standard InChI is InChI=1S/C22H19N3O/c1-3-26-18-9-6-8-16(13-18)21-15(2)11-12-20(24-21)22-23-14-17-7-4-5-10-19(17)25-22/h4-14H,3H2,1-2H3. The van der Waals surface area contributed by atoms with E-state index in [-0.39, 0.29) is 0 Å². The number of para-hydroxylation sites is 1. The van der Waals surface area contributed by atoms with Gasteiger partial charge in [0.25, 0.3) is 0 Å². The smallest absolute Gasteiger partial charge is 0.178 e. The third-order valence-corrected chi connectivity index (χ3v) is 4.23. The van der Waals surface area contributed by atoms with Crippen molar-refractivity contribution in [3.05, 3.63) is 72.4 Å². The van der Waals surface area contributed by atoms with Gasteiger partial charge in [-0.1, -0.05) is 36.4 Å². The minimum atomic E-state index is 0.630. The van der Waals surface area contributed by atoms with E-state index in [1.54, 1.807) is 0 Å². The van der Waals surface area contributed by atoms with Crippen molar-refractivity contribution >= 4 is 10.9 Å². The van der Waals surface area contributed by atoms with Gasteiger partial charge in [-0.15, -0.1) is 0 Å². The van der Waals surface area contributed by atoms with Crippen molar-refractivity contribution < 1.29 is 4.74 Å². The maximum atomic E-state index is 5.62. The zero-order valence-corrected chi connectivity index (χ0v) is 14.8. The molecule has 0 saturated carbocycles. The van der Waals surface area contributed by atoms with E-state index < -0.39 is 0 Å². The number of aromatic nitrogens is 3. The molecule has 128 valence electrons. The minimum Gasteiger partial charge on any atom is -0.494 e. The highest BCUT2D eigenvalue weighted by molar-refractivity contribution is 5.79. The van der Waals surface area contributed by atoms with E-state index in [1.807, 2.05) is 67.7 Å². The molecule has 4 aromatic rings. The highest BCUT2D eigenvalue weighted by atomic mass is 16.5. The quantitative estimate of drug-likeness (QED) is 0.520. The Labute approximate surface area is 152 Å². The lowest BCUT2D eigenvalue weighted by molar-refractivity contribution is 0.340. The number of nitrogens with zero attached hydrogens (tertiary/aromatic N) is 3. The molecule has 4 nitrogen and oxygen atoms in total. The van der Waals surface area contributed by atoms with Crippen LogP contribution in [0.3, 0.4) is 0 Å². The van der Waals surface area contributed by atoms with Gasteiger partial charge in [0.15, 0.2) is 5.82 Å². The predicted octanol–water partition coefficient (Wildman–Crippen LogP) is 5.07. The fourth-order valence-corrected chi connectivity index (χ4v) is 2.94. The number of fused-ring (bicyclic) bond motifs is 1. The summed E-state index contributed by atoms with van der Waals surface area (Å²) in [6.45, 7) is 4.68. The molecular weight excluding hydrogens is 322 g/mol. The molecule has 0 aliphatic carbocycles. The lowest BCUT2D eigenvalue weighted by Gasteiger charge is -2.10. The molecular formula is C22H19N3O. The Kier molecular flexibility index (Phi) is 4.32. The topological polar surface area (TPSA) is 47.9 Å².